The molecule has 0 amide bonds. The number of rotatable bonds is 4. The van der Waals surface area contributed by atoms with Crippen molar-refractivity contribution in [2.75, 3.05) is 23.9 Å². The highest BCUT2D eigenvalue weighted by Crippen LogP contribution is 2.24. The maximum Gasteiger partial charge on any atom is 0.125 e. The number of hydrogen-bond acceptors (Lipinski definition) is 3. The van der Waals surface area contributed by atoms with Crippen molar-refractivity contribution in [2.24, 2.45) is 0 Å². The van der Waals surface area contributed by atoms with Crippen molar-refractivity contribution in [3.63, 3.8) is 0 Å². The molecule has 0 saturated carbocycles. The lowest BCUT2D eigenvalue weighted by molar-refractivity contribution is 0.628. The van der Waals surface area contributed by atoms with Crippen molar-refractivity contribution in [2.45, 2.75) is 18.6 Å². The van der Waals surface area contributed by atoms with E-state index in [4.69, 9.17) is 5.73 Å². The summed E-state index contributed by atoms with van der Waals surface area (Å²) in [6.07, 6.45) is 2.05. The van der Waals surface area contributed by atoms with Gasteiger partial charge in [0, 0.05) is 11.3 Å². The van der Waals surface area contributed by atoms with Gasteiger partial charge >= 0.3 is 0 Å². The van der Waals surface area contributed by atoms with E-state index in [1.807, 2.05) is 0 Å². The van der Waals surface area contributed by atoms with E-state index in [1.165, 1.54) is 12.1 Å². The van der Waals surface area contributed by atoms with E-state index >= 15 is 0 Å². The molecule has 15 heavy (non-hydrogen) atoms. The Labute approximate surface area is 94.4 Å². The van der Waals surface area contributed by atoms with Gasteiger partial charge in [-0.15, -0.1) is 0 Å². The summed E-state index contributed by atoms with van der Waals surface area (Å²) >= 11 is 1.76. The molecule has 0 bridgehead atoms. The van der Waals surface area contributed by atoms with Gasteiger partial charge in [-0.3, -0.25) is 0 Å². The van der Waals surface area contributed by atoms with Gasteiger partial charge in [0.05, 0.1) is 11.4 Å². The van der Waals surface area contributed by atoms with E-state index in [0.29, 0.717) is 11.4 Å². The second-order valence-corrected chi connectivity index (χ2v) is 5.56. The minimum Gasteiger partial charge on any atom is -0.397 e. The highest BCUT2D eigenvalue weighted by atomic mass is 32.2. The minimum absolute atomic E-state index is 0.110. The van der Waals surface area contributed by atoms with Gasteiger partial charge in [0.25, 0.3) is 0 Å². The predicted octanol–water partition coefficient (Wildman–Crippen LogP) is 2.96. The Bertz CT molecular complexity index is 339. The lowest BCUT2D eigenvalue weighted by Crippen LogP contribution is -2.26. The van der Waals surface area contributed by atoms with Crippen LogP contribution < -0.4 is 11.1 Å². The molecule has 2 nitrogen and oxygen atoms in total. The summed E-state index contributed by atoms with van der Waals surface area (Å²) in [6.45, 7) is 5.00. The SMILES string of the molecule is CSC(C)(C)CNc1cc(F)ccc1N. The van der Waals surface area contributed by atoms with Crippen LogP contribution >= 0.6 is 11.8 Å². The first-order valence-electron chi connectivity index (χ1n) is 4.79. The van der Waals surface area contributed by atoms with Gasteiger partial charge in [-0.05, 0) is 38.3 Å². The highest BCUT2D eigenvalue weighted by Gasteiger charge is 2.15. The zero-order valence-corrected chi connectivity index (χ0v) is 10.1. The summed E-state index contributed by atoms with van der Waals surface area (Å²) in [5.74, 6) is -0.270. The molecule has 0 aliphatic heterocycles. The van der Waals surface area contributed by atoms with E-state index in [2.05, 4.69) is 25.4 Å². The fourth-order valence-corrected chi connectivity index (χ4v) is 1.28. The highest BCUT2D eigenvalue weighted by molar-refractivity contribution is 7.99. The maximum atomic E-state index is 12.9. The van der Waals surface area contributed by atoms with E-state index in [9.17, 15) is 4.39 Å². The first kappa shape index (κ1) is 12.2. The van der Waals surface area contributed by atoms with Crippen LogP contribution in [0.5, 0.6) is 0 Å². The molecule has 3 N–H and O–H groups in total. The van der Waals surface area contributed by atoms with Crippen LogP contribution in [-0.2, 0) is 0 Å². The van der Waals surface area contributed by atoms with Crippen molar-refractivity contribution >= 4 is 23.1 Å². The summed E-state index contributed by atoms with van der Waals surface area (Å²) in [5, 5.41) is 3.16. The van der Waals surface area contributed by atoms with Crippen LogP contribution in [0.1, 0.15) is 13.8 Å². The summed E-state index contributed by atoms with van der Waals surface area (Å²) in [6, 6.07) is 4.36. The molecule has 1 aromatic rings. The van der Waals surface area contributed by atoms with Crippen LogP contribution in [0.15, 0.2) is 18.2 Å². The molecule has 0 heterocycles. The number of nitrogen functional groups attached to an aromatic ring is 1. The van der Waals surface area contributed by atoms with Crippen molar-refractivity contribution < 1.29 is 4.39 Å². The molecule has 4 heteroatoms. The summed E-state index contributed by atoms with van der Waals surface area (Å²) < 4.78 is 13.1. The summed E-state index contributed by atoms with van der Waals surface area (Å²) in [5.41, 5.74) is 6.97. The van der Waals surface area contributed by atoms with Crippen LogP contribution in [0.25, 0.3) is 0 Å². The standard InChI is InChI=1S/C11H17FN2S/c1-11(2,15-3)7-14-10-6-8(12)4-5-9(10)13/h4-6,14H,7,13H2,1-3H3. The van der Waals surface area contributed by atoms with Gasteiger partial charge < -0.3 is 11.1 Å². The zero-order chi connectivity index (χ0) is 11.5. The zero-order valence-electron chi connectivity index (χ0n) is 9.30. The molecular weight excluding hydrogens is 211 g/mol. The molecule has 0 atom stereocenters. The van der Waals surface area contributed by atoms with Gasteiger partial charge in [-0.2, -0.15) is 11.8 Å². The number of hydrogen-bond donors (Lipinski definition) is 2. The second-order valence-electron chi connectivity index (χ2n) is 4.05. The molecule has 0 fully saturated rings. The van der Waals surface area contributed by atoms with E-state index in [-0.39, 0.29) is 10.6 Å². The normalized spacial score (nSPS) is 11.5. The topological polar surface area (TPSA) is 38.0 Å². The average Bonchev–Trinajstić information content (AvgIpc) is 2.20. The maximum absolute atomic E-state index is 12.9. The van der Waals surface area contributed by atoms with Crippen molar-refractivity contribution in [3.8, 4) is 0 Å². The Morgan fingerprint density at radius 2 is 2.13 bits per heavy atom. The number of nitrogens with one attached hydrogen (secondary N) is 1. The minimum atomic E-state index is -0.270. The van der Waals surface area contributed by atoms with Gasteiger partial charge in [0.15, 0.2) is 0 Å². The Morgan fingerprint density at radius 3 is 2.73 bits per heavy atom. The van der Waals surface area contributed by atoms with Gasteiger partial charge in [-0.25, -0.2) is 4.39 Å². The van der Waals surface area contributed by atoms with Crippen LogP contribution in [0.2, 0.25) is 0 Å². The molecule has 84 valence electrons. The van der Waals surface area contributed by atoms with E-state index in [1.54, 1.807) is 17.8 Å². The molecule has 0 saturated heterocycles. The third-order valence-electron chi connectivity index (χ3n) is 2.27. The number of anilines is 2. The number of thioether (sulfide) groups is 1. The Morgan fingerprint density at radius 1 is 1.47 bits per heavy atom. The largest absolute Gasteiger partial charge is 0.397 e. The molecule has 1 rings (SSSR count). The van der Waals surface area contributed by atoms with Crippen LogP contribution in [0.4, 0.5) is 15.8 Å². The molecule has 1 aromatic carbocycles. The lowest BCUT2D eigenvalue weighted by Gasteiger charge is -2.23. The van der Waals surface area contributed by atoms with Crippen LogP contribution in [0, 0.1) is 5.82 Å². The van der Waals surface area contributed by atoms with E-state index in [0.717, 1.165) is 6.54 Å². The Hall–Kier alpha value is -0.900. The third-order valence-corrected chi connectivity index (χ3v) is 3.52. The Kier molecular flexibility index (Phi) is 3.85. The number of benzene rings is 1. The summed E-state index contributed by atoms with van der Waals surface area (Å²) in [4.78, 5) is 0. The third kappa shape index (κ3) is 3.63. The predicted molar refractivity (Wildman–Crippen MR) is 66.9 cm³/mol. The Balaban J connectivity index is 2.69. The van der Waals surface area contributed by atoms with Crippen LogP contribution in [0.3, 0.4) is 0 Å². The van der Waals surface area contributed by atoms with Crippen molar-refractivity contribution in [1.82, 2.24) is 0 Å². The van der Waals surface area contributed by atoms with Gasteiger partial charge in [0.1, 0.15) is 5.82 Å². The fourth-order valence-electron chi connectivity index (χ4n) is 1.06. The number of nitrogens with two attached hydrogens (primary N) is 1. The van der Waals surface area contributed by atoms with Crippen LogP contribution in [-0.4, -0.2) is 17.5 Å². The van der Waals surface area contributed by atoms with Gasteiger partial charge in [0.2, 0.25) is 0 Å². The molecular formula is C11H17FN2S. The molecule has 0 aliphatic carbocycles. The van der Waals surface area contributed by atoms with Crippen molar-refractivity contribution in [1.29, 1.82) is 0 Å². The monoisotopic (exact) mass is 228 g/mol. The molecule has 0 radical (unpaired) electrons. The van der Waals surface area contributed by atoms with Gasteiger partial charge in [-0.1, -0.05) is 0 Å². The first-order chi connectivity index (χ1) is 6.94. The van der Waals surface area contributed by atoms with E-state index < -0.39 is 0 Å². The summed E-state index contributed by atoms with van der Waals surface area (Å²) in [7, 11) is 0. The average molecular weight is 228 g/mol. The first-order valence-corrected chi connectivity index (χ1v) is 6.01. The molecule has 0 spiro atoms. The smallest absolute Gasteiger partial charge is 0.125 e. The number of halogens is 1. The quantitative estimate of drug-likeness (QED) is 0.778. The molecule has 0 unspecified atom stereocenters. The second kappa shape index (κ2) is 4.75. The van der Waals surface area contributed by atoms with Crippen molar-refractivity contribution in [3.05, 3.63) is 24.0 Å². The molecule has 0 aliphatic rings. The molecule has 0 aromatic heterocycles. The fraction of sp³-hybridized carbons (Fsp3) is 0.455. The lowest BCUT2D eigenvalue weighted by atomic mass is 10.2.